The molecule has 15 heavy (non-hydrogen) atoms. The molecule has 0 bridgehead atoms. The van der Waals surface area contributed by atoms with Crippen molar-refractivity contribution in [2.45, 2.75) is 59.5 Å². The standard InChI is InChI=1S/C12H24N2O/c1-6-7-8(15)14-10-11(2,3)9(13)12(10,4)5/h9-10H,6-7,13H2,1-5H3,(H,14,15). The van der Waals surface area contributed by atoms with Crippen molar-refractivity contribution in [2.75, 3.05) is 0 Å². The second-order valence-electron chi connectivity index (χ2n) is 5.87. The molecule has 0 aliphatic heterocycles. The van der Waals surface area contributed by atoms with Crippen LogP contribution in [0.3, 0.4) is 0 Å². The second kappa shape index (κ2) is 3.78. The van der Waals surface area contributed by atoms with Gasteiger partial charge in [-0.1, -0.05) is 34.6 Å². The minimum Gasteiger partial charge on any atom is -0.352 e. The fraction of sp³-hybridized carbons (Fsp3) is 0.917. The zero-order valence-corrected chi connectivity index (χ0v) is 10.6. The van der Waals surface area contributed by atoms with Crippen LogP contribution in [-0.4, -0.2) is 18.0 Å². The molecule has 0 aromatic rings. The highest BCUT2D eigenvalue weighted by molar-refractivity contribution is 5.76. The average molecular weight is 212 g/mol. The maximum absolute atomic E-state index is 11.6. The van der Waals surface area contributed by atoms with E-state index in [9.17, 15) is 4.79 Å². The van der Waals surface area contributed by atoms with Gasteiger partial charge in [-0.2, -0.15) is 0 Å². The van der Waals surface area contributed by atoms with E-state index in [-0.39, 0.29) is 28.8 Å². The number of hydrogen-bond donors (Lipinski definition) is 2. The van der Waals surface area contributed by atoms with Gasteiger partial charge < -0.3 is 11.1 Å². The first kappa shape index (κ1) is 12.5. The Hall–Kier alpha value is -0.570. The lowest BCUT2D eigenvalue weighted by Gasteiger charge is -2.62. The Kier molecular flexibility index (Phi) is 3.15. The van der Waals surface area contributed by atoms with Crippen molar-refractivity contribution < 1.29 is 4.79 Å². The first-order valence-corrected chi connectivity index (χ1v) is 5.79. The van der Waals surface area contributed by atoms with Gasteiger partial charge in [-0.25, -0.2) is 0 Å². The van der Waals surface area contributed by atoms with Crippen LogP contribution in [-0.2, 0) is 4.79 Å². The Bertz CT molecular complexity index is 242. The van der Waals surface area contributed by atoms with Crippen LogP contribution < -0.4 is 11.1 Å². The molecular formula is C12H24N2O. The Labute approximate surface area is 92.8 Å². The molecule has 0 aromatic carbocycles. The lowest BCUT2D eigenvalue weighted by Crippen LogP contribution is -2.76. The van der Waals surface area contributed by atoms with Gasteiger partial charge in [0.1, 0.15) is 0 Å². The number of amides is 1. The molecule has 0 radical (unpaired) electrons. The average Bonchev–Trinajstić information content (AvgIpc) is 2.13. The van der Waals surface area contributed by atoms with Crippen LogP contribution in [0.5, 0.6) is 0 Å². The van der Waals surface area contributed by atoms with Crippen molar-refractivity contribution in [1.82, 2.24) is 5.32 Å². The predicted molar refractivity (Wildman–Crippen MR) is 62.4 cm³/mol. The van der Waals surface area contributed by atoms with Crippen LogP contribution in [0.25, 0.3) is 0 Å². The molecule has 0 atom stereocenters. The Morgan fingerprint density at radius 3 is 2.13 bits per heavy atom. The molecule has 0 unspecified atom stereocenters. The van der Waals surface area contributed by atoms with E-state index in [1.807, 2.05) is 6.92 Å². The number of nitrogens with one attached hydrogen (secondary N) is 1. The molecular weight excluding hydrogens is 188 g/mol. The number of hydrogen-bond acceptors (Lipinski definition) is 2. The van der Waals surface area contributed by atoms with Gasteiger partial charge in [-0.15, -0.1) is 0 Å². The van der Waals surface area contributed by atoms with Crippen molar-refractivity contribution in [3.8, 4) is 0 Å². The smallest absolute Gasteiger partial charge is 0.220 e. The second-order valence-corrected chi connectivity index (χ2v) is 5.87. The SMILES string of the molecule is CCCC(=O)NC1C(C)(C)C(N)C1(C)C. The topological polar surface area (TPSA) is 55.1 Å². The molecule has 0 saturated heterocycles. The predicted octanol–water partition coefficient (Wildman–Crippen LogP) is 1.66. The van der Waals surface area contributed by atoms with Gasteiger partial charge >= 0.3 is 0 Å². The highest BCUT2D eigenvalue weighted by Gasteiger charge is 2.60. The van der Waals surface area contributed by atoms with Gasteiger partial charge in [0.2, 0.25) is 5.91 Å². The van der Waals surface area contributed by atoms with E-state index in [0.29, 0.717) is 6.42 Å². The van der Waals surface area contributed by atoms with E-state index in [1.165, 1.54) is 0 Å². The van der Waals surface area contributed by atoms with E-state index in [0.717, 1.165) is 6.42 Å². The molecule has 1 aliphatic rings. The zero-order chi connectivity index (χ0) is 11.9. The summed E-state index contributed by atoms with van der Waals surface area (Å²) >= 11 is 0. The molecule has 0 heterocycles. The first-order chi connectivity index (χ1) is 6.74. The summed E-state index contributed by atoms with van der Waals surface area (Å²) in [6, 6.07) is 0.343. The minimum atomic E-state index is 0.00685. The van der Waals surface area contributed by atoms with E-state index in [2.05, 4.69) is 33.0 Å². The highest BCUT2D eigenvalue weighted by atomic mass is 16.1. The lowest BCUT2D eigenvalue weighted by molar-refractivity contribution is -0.132. The van der Waals surface area contributed by atoms with Gasteiger partial charge in [0.05, 0.1) is 0 Å². The van der Waals surface area contributed by atoms with Crippen molar-refractivity contribution in [3.63, 3.8) is 0 Å². The quantitative estimate of drug-likeness (QED) is 0.747. The third-order valence-electron chi connectivity index (χ3n) is 3.87. The molecule has 3 nitrogen and oxygen atoms in total. The van der Waals surface area contributed by atoms with Crippen LogP contribution in [0.15, 0.2) is 0 Å². The summed E-state index contributed by atoms with van der Waals surface area (Å²) in [5.41, 5.74) is 6.14. The van der Waals surface area contributed by atoms with Crippen LogP contribution in [0.2, 0.25) is 0 Å². The van der Waals surface area contributed by atoms with Crippen molar-refractivity contribution in [2.24, 2.45) is 16.6 Å². The van der Waals surface area contributed by atoms with Crippen molar-refractivity contribution >= 4 is 5.91 Å². The van der Waals surface area contributed by atoms with E-state index in [1.54, 1.807) is 0 Å². The summed E-state index contributed by atoms with van der Waals surface area (Å²) in [6.45, 7) is 10.5. The first-order valence-electron chi connectivity index (χ1n) is 5.79. The Balaban J connectivity index is 2.66. The van der Waals surface area contributed by atoms with Crippen LogP contribution in [0.4, 0.5) is 0 Å². The molecule has 1 amide bonds. The monoisotopic (exact) mass is 212 g/mol. The summed E-state index contributed by atoms with van der Waals surface area (Å²) in [7, 11) is 0. The summed E-state index contributed by atoms with van der Waals surface area (Å²) in [4.78, 5) is 11.6. The molecule has 88 valence electrons. The van der Waals surface area contributed by atoms with Gasteiger partial charge in [-0.3, -0.25) is 4.79 Å². The van der Waals surface area contributed by atoms with E-state index in [4.69, 9.17) is 5.73 Å². The maximum Gasteiger partial charge on any atom is 0.220 e. The van der Waals surface area contributed by atoms with E-state index >= 15 is 0 Å². The molecule has 1 rings (SSSR count). The Morgan fingerprint density at radius 1 is 1.27 bits per heavy atom. The van der Waals surface area contributed by atoms with Gasteiger partial charge in [0, 0.05) is 29.3 Å². The number of rotatable bonds is 3. The third kappa shape index (κ3) is 1.89. The minimum absolute atomic E-state index is 0.00685. The van der Waals surface area contributed by atoms with Crippen molar-refractivity contribution in [1.29, 1.82) is 0 Å². The largest absolute Gasteiger partial charge is 0.352 e. The number of carbonyl (C=O) groups excluding carboxylic acids is 1. The molecule has 0 aromatic heterocycles. The highest BCUT2D eigenvalue weighted by Crippen LogP contribution is 2.52. The normalized spacial score (nSPS) is 31.9. The molecule has 3 N–H and O–H groups in total. The van der Waals surface area contributed by atoms with Gasteiger partial charge in [0.15, 0.2) is 0 Å². The Morgan fingerprint density at radius 2 is 1.73 bits per heavy atom. The molecule has 1 aliphatic carbocycles. The summed E-state index contributed by atoms with van der Waals surface area (Å²) < 4.78 is 0. The lowest BCUT2D eigenvalue weighted by atomic mass is 9.48. The van der Waals surface area contributed by atoms with Crippen molar-refractivity contribution in [3.05, 3.63) is 0 Å². The molecule has 1 saturated carbocycles. The van der Waals surface area contributed by atoms with Crippen LogP contribution in [0.1, 0.15) is 47.5 Å². The molecule has 1 fully saturated rings. The molecule has 0 spiro atoms. The van der Waals surface area contributed by atoms with Crippen LogP contribution >= 0.6 is 0 Å². The van der Waals surface area contributed by atoms with Gasteiger partial charge in [0.25, 0.3) is 0 Å². The third-order valence-corrected chi connectivity index (χ3v) is 3.87. The number of nitrogens with two attached hydrogens (primary N) is 1. The molecule has 3 heteroatoms. The van der Waals surface area contributed by atoms with Crippen LogP contribution in [0, 0.1) is 10.8 Å². The fourth-order valence-corrected chi connectivity index (χ4v) is 3.01. The summed E-state index contributed by atoms with van der Waals surface area (Å²) in [5.74, 6) is 0.149. The maximum atomic E-state index is 11.6. The summed E-state index contributed by atoms with van der Waals surface area (Å²) in [5, 5.41) is 3.11. The fourth-order valence-electron chi connectivity index (χ4n) is 3.01. The van der Waals surface area contributed by atoms with Gasteiger partial charge in [-0.05, 0) is 6.42 Å². The zero-order valence-electron chi connectivity index (χ0n) is 10.6. The summed E-state index contributed by atoms with van der Waals surface area (Å²) in [6.07, 6.45) is 1.50. The number of carbonyl (C=O) groups is 1. The van der Waals surface area contributed by atoms with E-state index < -0.39 is 0 Å².